The van der Waals surface area contributed by atoms with Crippen molar-refractivity contribution < 1.29 is 18.8 Å². The number of nitrogens with zero attached hydrogens (tertiary/aromatic N) is 1. The van der Waals surface area contributed by atoms with Crippen LogP contribution < -0.4 is 10.5 Å². The fourth-order valence-corrected chi connectivity index (χ4v) is 1.83. The van der Waals surface area contributed by atoms with Crippen LogP contribution in [0.5, 0.6) is 11.5 Å². The molecule has 0 aliphatic rings. The van der Waals surface area contributed by atoms with Crippen LogP contribution in [-0.4, -0.2) is 10.8 Å². The fourth-order valence-electron chi connectivity index (χ4n) is 1.83. The first-order chi connectivity index (χ1) is 9.99. The summed E-state index contributed by atoms with van der Waals surface area (Å²) in [5.74, 6) is -1.64. The number of amides is 1. The number of nitro benzene ring substituents is 1. The molecule has 108 valence electrons. The summed E-state index contributed by atoms with van der Waals surface area (Å²) < 4.78 is 18.8. The Labute approximate surface area is 119 Å². The summed E-state index contributed by atoms with van der Waals surface area (Å²) in [6, 6.07) is 9.74. The van der Waals surface area contributed by atoms with Crippen molar-refractivity contribution in [3.63, 3.8) is 0 Å². The van der Waals surface area contributed by atoms with Crippen LogP contribution in [0, 0.1) is 15.9 Å². The Morgan fingerprint density at radius 1 is 1.19 bits per heavy atom. The Hall–Kier alpha value is -2.96. The zero-order chi connectivity index (χ0) is 15.4. The molecule has 0 saturated carbocycles. The lowest BCUT2D eigenvalue weighted by molar-refractivity contribution is -0.386. The lowest BCUT2D eigenvalue weighted by Gasteiger charge is -2.09. The van der Waals surface area contributed by atoms with E-state index in [1.165, 1.54) is 42.5 Å². The molecule has 0 bridgehead atoms. The number of rotatable bonds is 5. The number of hydrogen-bond donors (Lipinski definition) is 1. The van der Waals surface area contributed by atoms with E-state index in [0.717, 1.165) is 0 Å². The third-order valence-electron chi connectivity index (χ3n) is 2.69. The van der Waals surface area contributed by atoms with Gasteiger partial charge in [0.1, 0.15) is 0 Å². The van der Waals surface area contributed by atoms with E-state index in [4.69, 9.17) is 10.5 Å². The molecule has 0 saturated heterocycles. The van der Waals surface area contributed by atoms with Gasteiger partial charge in [0.05, 0.1) is 11.3 Å². The number of primary amides is 1. The second-order valence-electron chi connectivity index (χ2n) is 4.20. The molecule has 7 heteroatoms. The minimum atomic E-state index is -0.707. The molecular weight excluding hydrogens is 279 g/mol. The molecule has 0 heterocycles. The van der Waals surface area contributed by atoms with Crippen molar-refractivity contribution in [1.82, 2.24) is 0 Å². The van der Waals surface area contributed by atoms with E-state index in [1.54, 1.807) is 0 Å². The molecule has 2 N–H and O–H groups in total. The highest BCUT2D eigenvalue weighted by molar-refractivity contribution is 5.78. The van der Waals surface area contributed by atoms with Gasteiger partial charge in [-0.25, -0.2) is 4.39 Å². The monoisotopic (exact) mass is 290 g/mol. The van der Waals surface area contributed by atoms with Crippen LogP contribution in [0.25, 0.3) is 0 Å². The van der Waals surface area contributed by atoms with E-state index in [2.05, 4.69) is 0 Å². The Morgan fingerprint density at radius 2 is 1.86 bits per heavy atom. The normalized spacial score (nSPS) is 10.1. The van der Waals surface area contributed by atoms with Gasteiger partial charge in [-0.1, -0.05) is 24.3 Å². The van der Waals surface area contributed by atoms with Crippen molar-refractivity contribution in [2.24, 2.45) is 5.73 Å². The Morgan fingerprint density at radius 3 is 2.48 bits per heavy atom. The first kappa shape index (κ1) is 14.4. The first-order valence-corrected chi connectivity index (χ1v) is 5.96. The minimum Gasteiger partial charge on any atom is -0.447 e. The summed E-state index contributed by atoms with van der Waals surface area (Å²) >= 11 is 0. The summed E-state index contributed by atoms with van der Waals surface area (Å²) in [6.07, 6.45) is -0.301. The first-order valence-electron chi connectivity index (χ1n) is 5.96. The number of halogens is 1. The molecule has 0 aliphatic heterocycles. The van der Waals surface area contributed by atoms with Gasteiger partial charge in [0.15, 0.2) is 11.6 Å². The van der Waals surface area contributed by atoms with Crippen LogP contribution in [0.2, 0.25) is 0 Å². The van der Waals surface area contributed by atoms with Gasteiger partial charge in [-0.05, 0) is 18.2 Å². The van der Waals surface area contributed by atoms with Crippen molar-refractivity contribution in [2.75, 3.05) is 0 Å². The highest BCUT2D eigenvalue weighted by Crippen LogP contribution is 2.35. The highest BCUT2D eigenvalue weighted by Gasteiger charge is 2.23. The lowest BCUT2D eigenvalue weighted by Crippen LogP contribution is -2.14. The summed E-state index contributed by atoms with van der Waals surface area (Å²) in [5.41, 5.74) is 4.77. The van der Waals surface area contributed by atoms with Crippen molar-refractivity contribution in [3.05, 3.63) is 64.0 Å². The Balaban J connectivity index is 2.46. The average molecular weight is 290 g/mol. The molecule has 0 atom stereocenters. The van der Waals surface area contributed by atoms with E-state index >= 15 is 0 Å². The summed E-state index contributed by atoms with van der Waals surface area (Å²) in [6.45, 7) is 0. The van der Waals surface area contributed by atoms with Gasteiger partial charge in [0.2, 0.25) is 11.7 Å². The molecule has 2 aromatic carbocycles. The quantitative estimate of drug-likeness (QED) is 0.676. The van der Waals surface area contributed by atoms with Gasteiger partial charge in [-0.15, -0.1) is 0 Å². The molecule has 0 aliphatic carbocycles. The van der Waals surface area contributed by atoms with Crippen LogP contribution in [0.4, 0.5) is 10.1 Å². The highest BCUT2D eigenvalue weighted by atomic mass is 19.1. The predicted molar refractivity (Wildman–Crippen MR) is 72.5 cm³/mol. The predicted octanol–water partition coefficient (Wildman–Crippen LogP) is 2.55. The Bertz CT molecular complexity index is 703. The summed E-state index contributed by atoms with van der Waals surface area (Å²) in [4.78, 5) is 21.5. The van der Waals surface area contributed by atoms with E-state index in [1.807, 2.05) is 0 Å². The van der Waals surface area contributed by atoms with E-state index < -0.39 is 22.3 Å². The van der Waals surface area contributed by atoms with Gasteiger partial charge in [0, 0.05) is 5.56 Å². The number of carbonyl (C=O) groups is 1. The van der Waals surface area contributed by atoms with Crippen molar-refractivity contribution in [1.29, 1.82) is 0 Å². The number of hydrogen-bond acceptors (Lipinski definition) is 4. The van der Waals surface area contributed by atoms with Gasteiger partial charge in [0.25, 0.3) is 0 Å². The van der Waals surface area contributed by atoms with Crippen molar-refractivity contribution >= 4 is 11.6 Å². The second-order valence-corrected chi connectivity index (χ2v) is 4.20. The van der Waals surface area contributed by atoms with Gasteiger partial charge in [-0.2, -0.15) is 0 Å². The second kappa shape index (κ2) is 6.00. The molecular formula is C14H11FN2O4. The van der Waals surface area contributed by atoms with Crippen LogP contribution in [0.3, 0.4) is 0 Å². The van der Waals surface area contributed by atoms with Gasteiger partial charge in [-0.3, -0.25) is 14.9 Å². The maximum atomic E-state index is 13.5. The fraction of sp³-hybridized carbons (Fsp3) is 0.0714. The summed E-state index contributed by atoms with van der Waals surface area (Å²) in [5, 5.41) is 11.2. The number of carbonyl (C=O) groups excluding carboxylic acids is 1. The molecule has 6 nitrogen and oxygen atoms in total. The molecule has 0 unspecified atom stereocenters. The zero-order valence-corrected chi connectivity index (χ0v) is 10.8. The number of benzene rings is 2. The largest absolute Gasteiger partial charge is 0.447 e. The minimum absolute atomic E-state index is 0.112. The molecule has 1 amide bonds. The van der Waals surface area contributed by atoms with Crippen LogP contribution in [-0.2, 0) is 11.2 Å². The standard InChI is InChI=1S/C14H11FN2O4/c15-10-5-1-2-6-11(10)21-12-7-3-4-9(8-13(16)18)14(12)17(19)20/h1-7H,8H2,(H2,16,18). The van der Waals surface area contributed by atoms with Crippen LogP contribution in [0.1, 0.15) is 5.56 Å². The van der Waals surface area contributed by atoms with Crippen LogP contribution in [0.15, 0.2) is 42.5 Å². The van der Waals surface area contributed by atoms with E-state index in [9.17, 15) is 19.3 Å². The molecule has 0 radical (unpaired) electrons. The number of para-hydroxylation sites is 2. The third-order valence-corrected chi connectivity index (χ3v) is 2.69. The molecule has 2 aromatic rings. The third kappa shape index (κ3) is 3.33. The number of ether oxygens (including phenoxy) is 1. The van der Waals surface area contributed by atoms with Crippen molar-refractivity contribution in [3.8, 4) is 11.5 Å². The van der Waals surface area contributed by atoms with Crippen LogP contribution >= 0.6 is 0 Å². The molecule has 0 aromatic heterocycles. The topological polar surface area (TPSA) is 95.5 Å². The smallest absolute Gasteiger partial charge is 0.315 e. The van der Waals surface area contributed by atoms with E-state index in [0.29, 0.717) is 0 Å². The molecule has 0 fully saturated rings. The SMILES string of the molecule is NC(=O)Cc1cccc(Oc2ccccc2F)c1[N+](=O)[O-]. The lowest BCUT2D eigenvalue weighted by atomic mass is 10.1. The molecule has 21 heavy (non-hydrogen) atoms. The zero-order valence-electron chi connectivity index (χ0n) is 10.8. The Kier molecular flexibility index (Phi) is 4.13. The van der Waals surface area contributed by atoms with Gasteiger partial charge < -0.3 is 10.5 Å². The average Bonchev–Trinajstić information content (AvgIpc) is 2.40. The molecule has 0 spiro atoms. The number of nitrogens with two attached hydrogens (primary N) is 1. The van der Waals surface area contributed by atoms with Crippen molar-refractivity contribution in [2.45, 2.75) is 6.42 Å². The van der Waals surface area contributed by atoms with E-state index in [-0.39, 0.29) is 23.5 Å². The summed E-state index contributed by atoms with van der Waals surface area (Å²) in [7, 11) is 0. The molecule has 2 rings (SSSR count). The maximum absolute atomic E-state index is 13.5. The van der Waals surface area contributed by atoms with Gasteiger partial charge >= 0.3 is 5.69 Å². The maximum Gasteiger partial charge on any atom is 0.315 e. The number of nitro groups is 1.